The largest absolute Gasteiger partial charge is 0.326 e. The molecule has 1 heterocycles. The van der Waals surface area contributed by atoms with Crippen LogP contribution >= 0.6 is 12.4 Å². The zero-order chi connectivity index (χ0) is 18.9. The van der Waals surface area contributed by atoms with E-state index in [4.69, 9.17) is 0 Å². The Kier molecular flexibility index (Phi) is 5.98. The fraction of sp³-hybridized carbons (Fsp3) is 0.350. The van der Waals surface area contributed by atoms with Gasteiger partial charge in [-0.1, -0.05) is 24.3 Å². The van der Waals surface area contributed by atoms with E-state index < -0.39 is 10.0 Å². The molecule has 8 heteroatoms. The minimum absolute atomic E-state index is 0. The lowest BCUT2D eigenvalue weighted by Gasteiger charge is -2.23. The predicted molar refractivity (Wildman–Crippen MR) is 112 cm³/mol. The lowest BCUT2D eigenvalue weighted by molar-refractivity contribution is -0.118. The van der Waals surface area contributed by atoms with Crippen LogP contribution < -0.4 is 15.4 Å². The van der Waals surface area contributed by atoms with Crippen molar-refractivity contribution in [3.8, 4) is 0 Å². The molecule has 6 nitrogen and oxygen atoms in total. The van der Waals surface area contributed by atoms with E-state index in [0.29, 0.717) is 11.4 Å². The third-order valence-electron chi connectivity index (χ3n) is 5.54. The molecule has 2 aromatic rings. The van der Waals surface area contributed by atoms with E-state index in [2.05, 4.69) is 15.4 Å². The smallest absolute Gasteiger partial charge is 0.261 e. The first-order valence-corrected chi connectivity index (χ1v) is 10.7. The Balaban J connectivity index is 0.00000225. The lowest BCUT2D eigenvalue weighted by atomic mass is 9.92. The van der Waals surface area contributed by atoms with Gasteiger partial charge in [-0.05, 0) is 68.1 Å². The van der Waals surface area contributed by atoms with Gasteiger partial charge in [0, 0.05) is 11.6 Å². The van der Waals surface area contributed by atoms with E-state index in [-0.39, 0.29) is 34.5 Å². The number of sulfonamides is 1. The summed E-state index contributed by atoms with van der Waals surface area (Å²) >= 11 is 0. The standard InChI is InChI=1S/C20H23N3O3S.ClH/c24-19(18-14-20(18)9-11-21-12-10-20)22-15-5-4-6-16(13-15)23-27(25,26)17-7-2-1-3-8-17;/h1-8,13,18,21,23H,9-12,14H2,(H,22,24);1H. The van der Waals surface area contributed by atoms with Crippen molar-refractivity contribution in [2.24, 2.45) is 11.3 Å². The molecule has 1 unspecified atom stereocenters. The lowest BCUT2D eigenvalue weighted by Crippen LogP contribution is -2.31. The van der Waals surface area contributed by atoms with Crippen molar-refractivity contribution in [3.63, 3.8) is 0 Å². The second-order valence-corrected chi connectivity index (χ2v) is 9.04. The summed E-state index contributed by atoms with van der Waals surface area (Å²) in [6, 6.07) is 15.0. The van der Waals surface area contributed by atoms with Gasteiger partial charge in [-0.2, -0.15) is 0 Å². The quantitative estimate of drug-likeness (QED) is 0.691. The molecule has 2 aliphatic rings. The highest BCUT2D eigenvalue weighted by atomic mass is 35.5. The number of amides is 1. The first-order valence-electron chi connectivity index (χ1n) is 9.18. The van der Waals surface area contributed by atoms with Crippen LogP contribution in [0.2, 0.25) is 0 Å². The van der Waals surface area contributed by atoms with Crippen LogP contribution in [-0.2, 0) is 14.8 Å². The monoisotopic (exact) mass is 421 g/mol. The molecule has 1 atom stereocenters. The predicted octanol–water partition coefficient (Wildman–Crippen LogP) is 3.24. The first-order chi connectivity index (χ1) is 13.0. The normalized spacial score (nSPS) is 20.1. The Morgan fingerprint density at radius 1 is 1.00 bits per heavy atom. The van der Waals surface area contributed by atoms with Gasteiger partial charge in [-0.25, -0.2) is 8.42 Å². The minimum atomic E-state index is -3.65. The Morgan fingerprint density at radius 2 is 1.68 bits per heavy atom. The second kappa shape index (κ2) is 8.11. The average molecular weight is 422 g/mol. The second-order valence-electron chi connectivity index (χ2n) is 7.36. The summed E-state index contributed by atoms with van der Waals surface area (Å²) in [5.74, 6) is 0.0873. The highest BCUT2D eigenvalue weighted by molar-refractivity contribution is 7.92. The third-order valence-corrected chi connectivity index (χ3v) is 6.94. The van der Waals surface area contributed by atoms with Crippen molar-refractivity contribution in [3.05, 3.63) is 54.6 Å². The molecule has 2 fully saturated rings. The van der Waals surface area contributed by atoms with Gasteiger partial charge in [0.15, 0.2) is 0 Å². The number of halogens is 1. The van der Waals surface area contributed by atoms with E-state index in [1.807, 2.05) is 0 Å². The summed E-state index contributed by atoms with van der Waals surface area (Å²) in [4.78, 5) is 12.8. The summed E-state index contributed by atoms with van der Waals surface area (Å²) in [6.45, 7) is 1.95. The molecular weight excluding hydrogens is 398 g/mol. The van der Waals surface area contributed by atoms with E-state index in [1.165, 1.54) is 0 Å². The van der Waals surface area contributed by atoms with Gasteiger partial charge < -0.3 is 10.6 Å². The van der Waals surface area contributed by atoms with Crippen molar-refractivity contribution in [2.75, 3.05) is 23.1 Å². The number of carbonyl (C=O) groups is 1. The molecule has 1 spiro atoms. The zero-order valence-corrected chi connectivity index (χ0v) is 17.0. The molecule has 4 rings (SSSR count). The molecule has 0 radical (unpaired) electrons. The maximum absolute atomic E-state index is 12.6. The van der Waals surface area contributed by atoms with Crippen LogP contribution in [0.4, 0.5) is 11.4 Å². The third kappa shape index (κ3) is 4.32. The number of nitrogens with one attached hydrogen (secondary N) is 3. The van der Waals surface area contributed by atoms with Gasteiger partial charge in [0.05, 0.1) is 10.6 Å². The van der Waals surface area contributed by atoms with Gasteiger partial charge in [0.1, 0.15) is 0 Å². The average Bonchev–Trinajstić information content (AvgIpc) is 3.36. The molecule has 150 valence electrons. The number of piperidine rings is 1. The van der Waals surface area contributed by atoms with Crippen molar-refractivity contribution in [2.45, 2.75) is 24.2 Å². The Morgan fingerprint density at radius 3 is 2.39 bits per heavy atom. The van der Waals surface area contributed by atoms with Crippen LogP contribution in [0.5, 0.6) is 0 Å². The molecule has 1 saturated carbocycles. The zero-order valence-electron chi connectivity index (χ0n) is 15.4. The summed E-state index contributed by atoms with van der Waals surface area (Å²) in [5, 5.41) is 6.28. The molecule has 1 aliphatic heterocycles. The number of hydrogen-bond acceptors (Lipinski definition) is 4. The van der Waals surface area contributed by atoms with Gasteiger partial charge >= 0.3 is 0 Å². The topological polar surface area (TPSA) is 87.3 Å². The van der Waals surface area contributed by atoms with E-state index in [1.54, 1.807) is 54.6 Å². The van der Waals surface area contributed by atoms with Crippen molar-refractivity contribution in [1.29, 1.82) is 0 Å². The van der Waals surface area contributed by atoms with Gasteiger partial charge in [-0.3, -0.25) is 9.52 Å². The van der Waals surface area contributed by atoms with Gasteiger partial charge in [0.2, 0.25) is 5.91 Å². The van der Waals surface area contributed by atoms with Crippen molar-refractivity contribution < 1.29 is 13.2 Å². The van der Waals surface area contributed by atoms with Crippen LogP contribution in [0.25, 0.3) is 0 Å². The number of rotatable bonds is 5. The van der Waals surface area contributed by atoms with Crippen molar-refractivity contribution >= 4 is 39.7 Å². The van der Waals surface area contributed by atoms with E-state index >= 15 is 0 Å². The SMILES string of the molecule is Cl.O=C(Nc1cccc(NS(=O)(=O)c2ccccc2)c1)C1CC12CCNCC2. The van der Waals surface area contributed by atoms with Crippen LogP contribution in [0, 0.1) is 11.3 Å². The highest BCUT2D eigenvalue weighted by Crippen LogP contribution is 2.58. The van der Waals surface area contributed by atoms with E-state index in [9.17, 15) is 13.2 Å². The maximum Gasteiger partial charge on any atom is 0.261 e. The summed E-state index contributed by atoms with van der Waals surface area (Å²) in [5.41, 5.74) is 1.19. The van der Waals surface area contributed by atoms with E-state index in [0.717, 1.165) is 32.4 Å². The van der Waals surface area contributed by atoms with Crippen molar-refractivity contribution in [1.82, 2.24) is 5.32 Å². The first kappa shape index (κ1) is 20.6. The number of carbonyl (C=O) groups excluding carboxylic acids is 1. The van der Waals surface area contributed by atoms with Crippen LogP contribution in [0.3, 0.4) is 0 Å². The summed E-state index contributed by atoms with van der Waals surface area (Å²) in [6.07, 6.45) is 3.03. The number of anilines is 2. The fourth-order valence-electron chi connectivity index (χ4n) is 3.90. The highest BCUT2D eigenvalue weighted by Gasteiger charge is 2.57. The number of hydrogen-bond donors (Lipinski definition) is 3. The maximum atomic E-state index is 12.6. The Hall–Kier alpha value is -2.09. The van der Waals surface area contributed by atoms with Crippen LogP contribution in [0.1, 0.15) is 19.3 Å². The molecule has 0 aromatic heterocycles. The Labute approximate surface area is 171 Å². The summed E-state index contributed by atoms with van der Waals surface area (Å²) in [7, 11) is -3.65. The molecule has 0 bridgehead atoms. The molecule has 1 aliphatic carbocycles. The molecule has 3 N–H and O–H groups in total. The molecular formula is C20H24ClN3O3S. The number of benzene rings is 2. The van der Waals surface area contributed by atoms with Gasteiger partial charge in [0.25, 0.3) is 10.0 Å². The molecule has 2 aromatic carbocycles. The Bertz CT molecular complexity index is 944. The minimum Gasteiger partial charge on any atom is -0.326 e. The fourth-order valence-corrected chi connectivity index (χ4v) is 4.97. The van der Waals surface area contributed by atoms with Gasteiger partial charge in [-0.15, -0.1) is 12.4 Å². The molecule has 28 heavy (non-hydrogen) atoms. The molecule has 1 saturated heterocycles. The van der Waals surface area contributed by atoms with Crippen LogP contribution in [-0.4, -0.2) is 27.4 Å². The van der Waals surface area contributed by atoms with Crippen LogP contribution in [0.15, 0.2) is 59.5 Å². The molecule has 1 amide bonds. The summed E-state index contributed by atoms with van der Waals surface area (Å²) < 4.78 is 27.5.